The van der Waals surface area contributed by atoms with E-state index in [2.05, 4.69) is 17.3 Å². The van der Waals surface area contributed by atoms with E-state index in [0.29, 0.717) is 5.41 Å². The Morgan fingerprint density at radius 2 is 2.24 bits per heavy atom. The van der Waals surface area contributed by atoms with Gasteiger partial charge >= 0.3 is 0 Å². The lowest BCUT2D eigenvalue weighted by Gasteiger charge is -2.38. The summed E-state index contributed by atoms with van der Waals surface area (Å²) in [6.45, 7) is 4.10. The number of hydrogen-bond acceptors (Lipinski definition) is 3. The molecule has 1 fully saturated rings. The Morgan fingerprint density at radius 3 is 2.76 bits per heavy atom. The lowest BCUT2D eigenvalue weighted by molar-refractivity contribution is 0.178. The molecule has 0 aromatic carbocycles. The van der Waals surface area contributed by atoms with Crippen LogP contribution in [0.2, 0.25) is 0 Å². The van der Waals surface area contributed by atoms with Crippen LogP contribution in [0.1, 0.15) is 32.6 Å². The number of aromatic nitrogens is 2. The van der Waals surface area contributed by atoms with Crippen molar-refractivity contribution in [2.75, 3.05) is 18.4 Å². The second-order valence-electron chi connectivity index (χ2n) is 5.64. The fourth-order valence-electron chi connectivity index (χ4n) is 2.63. The average molecular weight is 236 g/mol. The lowest BCUT2D eigenvalue weighted by atomic mass is 9.71. The second kappa shape index (κ2) is 5.08. The summed E-state index contributed by atoms with van der Waals surface area (Å²) < 4.78 is 1.82. The largest absolute Gasteiger partial charge is 0.382 e. The molecule has 96 valence electrons. The zero-order valence-electron chi connectivity index (χ0n) is 10.9. The van der Waals surface area contributed by atoms with Crippen LogP contribution < -0.4 is 11.1 Å². The van der Waals surface area contributed by atoms with Crippen molar-refractivity contribution in [2.45, 2.75) is 32.6 Å². The molecule has 4 nitrogen and oxygen atoms in total. The summed E-state index contributed by atoms with van der Waals surface area (Å²) in [5.41, 5.74) is 7.38. The standard InChI is InChI=1S/C13H24N4/c1-11-3-5-13(9-14,6-4-11)10-15-12-7-16-17(2)8-12/h7-8,11,15H,3-6,9-10,14H2,1-2H3. The first-order valence-corrected chi connectivity index (χ1v) is 6.56. The summed E-state index contributed by atoms with van der Waals surface area (Å²) in [5, 5.41) is 7.64. The summed E-state index contributed by atoms with van der Waals surface area (Å²) in [6.07, 6.45) is 9.00. The van der Waals surface area contributed by atoms with Gasteiger partial charge in [-0.1, -0.05) is 19.8 Å². The fraction of sp³-hybridized carbons (Fsp3) is 0.769. The molecular weight excluding hydrogens is 212 g/mol. The Labute approximate surface area is 104 Å². The van der Waals surface area contributed by atoms with Crippen LogP contribution in [-0.4, -0.2) is 22.9 Å². The molecule has 1 aromatic heterocycles. The molecule has 0 unspecified atom stereocenters. The number of hydrogen-bond donors (Lipinski definition) is 2. The quantitative estimate of drug-likeness (QED) is 0.840. The highest BCUT2D eigenvalue weighted by molar-refractivity contribution is 5.38. The molecule has 1 aliphatic carbocycles. The van der Waals surface area contributed by atoms with Crippen molar-refractivity contribution >= 4 is 5.69 Å². The third-order valence-corrected chi connectivity index (χ3v) is 4.14. The maximum absolute atomic E-state index is 5.99. The molecule has 1 aromatic rings. The van der Waals surface area contributed by atoms with Gasteiger partial charge in [-0.2, -0.15) is 5.10 Å². The van der Waals surface area contributed by atoms with E-state index >= 15 is 0 Å². The van der Waals surface area contributed by atoms with Gasteiger partial charge in [0.15, 0.2) is 0 Å². The lowest BCUT2D eigenvalue weighted by Crippen LogP contribution is -2.40. The van der Waals surface area contributed by atoms with Crippen LogP contribution in [0.4, 0.5) is 5.69 Å². The molecule has 0 radical (unpaired) electrons. The minimum atomic E-state index is 0.294. The topological polar surface area (TPSA) is 55.9 Å². The molecule has 1 aliphatic rings. The first-order valence-electron chi connectivity index (χ1n) is 6.56. The number of nitrogens with two attached hydrogens (primary N) is 1. The highest BCUT2D eigenvalue weighted by Crippen LogP contribution is 2.38. The van der Waals surface area contributed by atoms with Gasteiger partial charge in [-0.05, 0) is 30.7 Å². The van der Waals surface area contributed by atoms with Crippen molar-refractivity contribution in [3.63, 3.8) is 0 Å². The van der Waals surface area contributed by atoms with Crippen molar-refractivity contribution in [2.24, 2.45) is 24.1 Å². The molecule has 0 amide bonds. The van der Waals surface area contributed by atoms with E-state index in [1.54, 1.807) is 0 Å². The van der Waals surface area contributed by atoms with Gasteiger partial charge in [0, 0.05) is 19.8 Å². The number of rotatable bonds is 4. The van der Waals surface area contributed by atoms with Crippen LogP contribution in [0.25, 0.3) is 0 Å². The Bertz CT molecular complexity index is 350. The van der Waals surface area contributed by atoms with Gasteiger partial charge in [0.2, 0.25) is 0 Å². The van der Waals surface area contributed by atoms with Gasteiger partial charge in [0.05, 0.1) is 11.9 Å². The Kier molecular flexibility index (Phi) is 3.72. The first-order chi connectivity index (χ1) is 8.13. The summed E-state index contributed by atoms with van der Waals surface area (Å²) in [7, 11) is 1.94. The van der Waals surface area contributed by atoms with Crippen molar-refractivity contribution in [1.82, 2.24) is 9.78 Å². The SMILES string of the molecule is CC1CCC(CN)(CNc2cnn(C)c2)CC1. The van der Waals surface area contributed by atoms with Crippen LogP contribution in [-0.2, 0) is 7.05 Å². The van der Waals surface area contributed by atoms with E-state index < -0.39 is 0 Å². The van der Waals surface area contributed by atoms with Crippen molar-refractivity contribution < 1.29 is 0 Å². The van der Waals surface area contributed by atoms with Crippen molar-refractivity contribution in [1.29, 1.82) is 0 Å². The van der Waals surface area contributed by atoms with Crippen LogP contribution in [0.15, 0.2) is 12.4 Å². The summed E-state index contributed by atoms with van der Waals surface area (Å²) in [4.78, 5) is 0. The molecular formula is C13H24N4. The molecule has 3 N–H and O–H groups in total. The van der Waals surface area contributed by atoms with Crippen molar-refractivity contribution in [3.05, 3.63) is 12.4 Å². The minimum absolute atomic E-state index is 0.294. The van der Waals surface area contributed by atoms with E-state index in [1.807, 2.05) is 24.1 Å². The summed E-state index contributed by atoms with van der Waals surface area (Å²) in [6, 6.07) is 0. The number of nitrogens with zero attached hydrogens (tertiary/aromatic N) is 2. The van der Waals surface area contributed by atoms with Gasteiger partial charge in [-0.25, -0.2) is 0 Å². The van der Waals surface area contributed by atoms with E-state index in [9.17, 15) is 0 Å². The fourth-order valence-corrected chi connectivity index (χ4v) is 2.63. The third kappa shape index (κ3) is 3.00. The summed E-state index contributed by atoms with van der Waals surface area (Å²) >= 11 is 0. The van der Waals surface area contributed by atoms with Gasteiger partial charge in [-0.15, -0.1) is 0 Å². The van der Waals surface area contributed by atoms with Gasteiger partial charge in [0.25, 0.3) is 0 Å². The summed E-state index contributed by atoms with van der Waals surface area (Å²) in [5.74, 6) is 0.869. The molecule has 1 heterocycles. The Hall–Kier alpha value is -1.03. The molecule has 0 atom stereocenters. The van der Waals surface area contributed by atoms with E-state index in [-0.39, 0.29) is 0 Å². The van der Waals surface area contributed by atoms with Gasteiger partial charge in [0.1, 0.15) is 0 Å². The molecule has 1 saturated carbocycles. The van der Waals surface area contributed by atoms with E-state index in [1.165, 1.54) is 25.7 Å². The first kappa shape index (κ1) is 12.4. The van der Waals surface area contributed by atoms with E-state index in [4.69, 9.17) is 5.73 Å². The molecule has 2 rings (SSSR count). The molecule has 0 spiro atoms. The van der Waals surface area contributed by atoms with Crippen LogP contribution >= 0.6 is 0 Å². The Morgan fingerprint density at radius 1 is 1.53 bits per heavy atom. The van der Waals surface area contributed by atoms with Crippen LogP contribution in [0, 0.1) is 11.3 Å². The predicted octanol–water partition coefficient (Wildman–Crippen LogP) is 1.99. The molecule has 0 aliphatic heterocycles. The zero-order valence-corrected chi connectivity index (χ0v) is 10.9. The highest BCUT2D eigenvalue weighted by Gasteiger charge is 2.32. The predicted molar refractivity (Wildman–Crippen MR) is 70.8 cm³/mol. The maximum Gasteiger partial charge on any atom is 0.0726 e. The maximum atomic E-state index is 5.99. The van der Waals surface area contributed by atoms with Crippen molar-refractivity contribution in [3.8, 4) is 0 Å². The molecule has 4 heteroatoms. The van der Waals surface area contributed by atoms with Gasteiger partial charge in [-0.3, -0.25) is 4.68 Å². The second-order valence-corrected chi connectivity index (χ2v) is 5.64. The average Bonchev–Trinajstić information content (AvgIpc) is 2.75. The third-order valence-electron chi connectivity index (χ3n) is 4.14. The van der Waals surface area contributed by atoms with Crippen LogP contribution in [0.5, 0.6) is 0 Å². The van der Waals surface area contributed by atoms with E-state index in [0.717, 1.165) is 24.7 Å². The van der Waals surface area contributed by atoms with Crippen LogP contribution in [0.3, 0.4) is 0 Å². The minimum Gasteiger partial charge on any atom is -0.382 e. The molecule has 0 bridgehead atoms. The normalized spacial score (nSPS) is 29.2. The number of nitrogens with one attached hydrogen (secondary N) is 1. The molecule has 0 saturated heterocycles. The molecule has 17 heavy (non-hydrogen) atoms. The number of aryl methyl sites for hydroxylation is 1. The Balaban J connectivity index is 1.91. The highest BCUT2D eigenvalue weighted by atomic mass is 15.3. The number of anilines is 1. The smallest absolute Gasteiger partial charge is 0.0726 e. The van der Waals surface area contributed by atoms with Gasteiger partial charge < -0.3 is 11.1 Å². The zero-order chi connectivity index (χ0) is 12.3. The monoisotopic (exact) mass is 236 g/mol.